The van der Waals surface area contributed by atoms with E-state index < -0.39 is 18.1 Å². The van der Waals surface area contributed by atoms with Crippen molar-refractivity contribution in [3.63, 3.8) is 0 Å². The van der Waals surface area contributed by atoms with Crippen molar-refractivity contribution < 1.29 is 27.4 Å². The molecular formula is C13H15F3O3. The lowest BCUT2D eigenvalue weighted by atomic mass is 10.0. The molecule has 6 heteroatoms. The molecule has 0 spiro atoms. The van der Waals surface area contributed by atoms with Crippen molar-refractivity contribution >= 4 is 5.97 Å². The molecule has 0 unspecified atom stereocenters. The van der Waals surface area contributed by atoms with E-state index in [1.807, 2.05) is 13.8 Å². The number of carbonyl (C=O) groups excluding carboxylic acids is 1. The molecule has 0 saturated carbocycles. The van der Waals surface area contributed by atoms with E-state index >= 15 is 0 Å². The molecule has 0 aliphatic carbocycles. The minimum atomic E-state index is -4.85. The van der Waals surface area contributed by atoms with Gasteiger partial charge in [-0.1, -0.05) is 19.9 Å². The summed E-state index contributed by atoms with van der Waals surface area (Å²) in [5, 5.41) is 0. The van der Waals surface area contributed by atoms with Gasteiger partial charge in [0.05, 0.1) is 7.11 Å². The second kappa shape index (κ2) is 5.95. The first-order valence-corrected chi connectivity index (χ1v) is 5.70. The first-order chi connectivity index (χ1) is 8.73. The van der Waals surface area contributed by atoms with Gasteiger partial charge in [0.2, 0.25) is 0 Å². The van der Waals surface area contributed by atoms with Gasteiger partial charge in [-0.2, -0.15) is 0 Å². The third-order valence-corrected chi connectivity index (χ3v) is 2.32. The Morgan fingerprint density at radius 2 is 1.95 bits per heavy atom. The highest BCUT2D eigenvalue weighted by Crippen LogP contribution is 2.28. The average Bonchev–Trinajstić information content (AvgIpc) is 2.25. The summed E-state index contributed by atoms with van der Waals surface area (Å²) in [6.45, 7) is 3.89. The van der Waals surface area contributed by atoms with Gasteiger partial charge < -0.3 is 9.47 Å². The molecule has 1 aromatic rings. The Bertz CT molecular complexity index is 453. The van der Waals surface area contributed by atoms with Gasteiger partial charge in [0.15, 0.2) is 0 Å². The van der Waals surface area contributed by atoms with Crippen molar-refractivity contribution in [2.45, 2.75) is 26.6 Å². The molecule has 0 radical (unpaired) electrons. The molecular weight excluding hydrogens is 261 g/mol. The van der Waals surface area contributed by atoms with Crippen LogP contribution in [0, 0.1) is 5.92 Å². The first-order valence-electron chi connectivity index (χ1n) is 5.70. The Morgan fingerprint density at radius 1 is 1.32 bits per heavy atom. The van der Waals surface area contributed by atoms with Crippen LogP contribution in [0.2, 0.25) is 0 Å². The van der Waals surface area contributed by atoms with Crippen LogP contribution in [0.1, 0.15) is 29.8 Å². The quantitative estimate of drug-likeness (QED) is 0.789. The normalized spacial score (nSPS) is 11.5. The summed E-state index contributed by atoms with van der Waals surface area (Å²) >= 11 is 0. The molecule has 0 N–H and O–H groups in total. The number of ether oxygens (including phenoxy) is 2. The van der Waals surface area contributed by atoms with Crippen LogP contribution in [0.5, 0.6) is 5.75 Å². The summed E-state index contributed by atoms with van der Waals surface area (Å²) in [5.41, 5.74) is 0.425. The lowest BCUT2D eigenvalue weighted by Crippen LogP contribution is -2.19. The van der Waals surface area contributed by atoms with Crippen molar-refractivity contribution in [2.75, 3.05) is 7.11 Å². The second-order valence-corrected chi connectivity index (χ2v) is 4.47. The lowest BCUT2D eigenvalue weighted by molar-refractivity contribution is -0.274. The zero-order valence-electron chi connectivity index (χ0n) is 10.9. The topological polar surface area (TPSA) is 35.5 Å². The summed E-state index contributed by atoms with van der Waals surface area (Å²) in [5.74, 6) is -1.12. The fourth-order valence-electron chi connectivity index (χ4n) is 1.65. The molecule has 0 aliphatic rings. The summed E-state index contributed by atoms with van der Waals surface area (Å²) in [7, 11) is 1.10. The number of benzene rings is 1. The van der Waals surface area contributed by atoms with E-state index in [4.69, 9.17) is 0 Å². The monoisotopic (exact) mass is 276 g/mol. The molecule has 0 fully saturated rings. The third-order valence-electron chi connectivity index (χ3n) is 2.32. The minimum absolute atomic E-state index is 0.243. The number of methoxy groups -OCH3 is 1. The van der Waals surface area contributed by atoms with Crippen LogP contribution >= 0.6 is 0 Å². The molecule has 0 saturated heterocycles. The average molecular weight is 276 g/mol. The third kappa shape index (κ3) is 4.81. The minimum Gasteiger partial charge on any atom is -0.465 e. The molecule has 106 valence electrons. The maximum absolute atomic E-state index is 12.3. The van der Waals surface area contributed by atoms with Crippen molar-refractivity contribution in [1.82, 2.24) is 0 Å². The largest absolute Gasteiger partial charge is 0.573 e. The smallest absolute Gasteiger partial charge is 0.465 e. The summed E-state index contributed by atoms with van der Waals surface area (Å²) in [6, 6.07) is 4.10. The van der Waals surface area contributed by atoms with Crippen molar-refractivity contribution in [2.24, 2.45) is 5.92 Å². The van der Waals surface area contributed by atoms with E-state index in [0.29, 0.717) is 12.0 Å². The standard InChI is InChI=1S/C13H15F3O3/c1-8(2)6-9-4-5-10(12(17)18-3)11(7-9)19-13(14,15)16/h4-5,7-8H,6H2,1-3H3. The van der Waals surface area contributed by atoms with Gasteiger partial charge in [0, 0.05) is 0 Å². The summed E-state index contributed by atoms with van der Waals surface area (Å²) in [6.07, 6.45) is -4.26. The molecule has 0 heterocycles. The summed E-state index contributed by atoms with van der Waals surface area (Å²) in [4.78, 5) is 11.4. The fraction of sp³-hybridized carbons (Fsp3) is 0.462. The van der Waals surface area contributed by atoms with Gasteiger partial charge in [-0.05, 0) is 30.0 Å². The Labute approximate surface area is 109 Å². The van der Waals surface area contributed by atoms with Gasteiger partial charge in [0.25, 0.3) is 0 Å². The summed E-state index contributed by atoms with van der Waals surface area (Å²) < 4.78 is 45.2. The van der Waals surface area contributed by atoms with Crippen LogP contribution in [-0.2, 0) is 11.2 Å². The maximum Gasteiger partial charge on any atom is 0.573 e. The first kappa shape index (κ1) is 15.3. The van der Waals surface area contributed by atoms with E-state index in [0.717, 1.165) is 7.11 Å². The number of halogens is 3. The van der Waals surface area contributed by atoms with Gasteiger partial charge in [0.1, 0.15) is 11.3 Å². The zero-order chi connectivity index (χ0) is 14.6. The van der Waals surface area contributed by atoms with Crippen LogP contribution in [0.25, 0.3) is 0 Å². The van der Waals surface area contributed by atoms with E-state index in [1.54, 1.807) is 6.07 Å². The van der Waals surface area contributed by atoms with E-state index in [-0.39, 0.29) is 11.5 Å². The second-order valence-electron chi connectivity index (χ2n) is 4.47. The number of alkyl halides is 3. The number of hydrogen-bond acceptors (Lipinski definition) is 3. The van der Waals surface area contributed by atoms with Gasteiger partial charge in [-0.3, -0.25) is 0 Å². The van der Waals surface area contributed by atoms with Gasteiger partial charge in [-0.25, -0.2) is 4.79 Å². The molecule has 0 amide bonds. The predicted molar refractivity (Wildman–Crippen MR) is 63.0 cm³/mol. The van der Waals surface area contributed by atoms with E-state index in [1.165, 1.54) is 12.1 Å². The lowest BCUT2D eigenvalue weighted by Gasteiger charge is -2.14. The fourth-order valence-corrected chi connectivity index (χ4v) is 1.65. The van der Waals surface area contributed by atoms with Gasteiger partial charge >= 0.3 is 12.3 Å². The molecule has 3 nitrogen and oxygen atoms in total. The molecule has 0 aromatic heterocycles. The number of hydrogen-bond donors (Lipinski definition) is 0. The highest BCUT2D eigenvalue weighted by atomic mass is 19.4. The predicted octanol–water partition coefficient (Wildman–Crippen LogP) is 3.57. The highest BCUT2D eigenvalue weighted by molar-refractivity contribution is 5.92. The van der Waals surface area contributed by atoms with Gasteiger partial charge in [-0.15, -0.1) is 13.2 Å². The Balaban J connectivity index is 3.14. The molecule has 0 atom stereocenters. The van der Waals surface area contributed by atoms with Crippen molar-refractivity contribution in [3.8, 4) is 5.75 Å². The molecule has 1 aromatic carbocycles. The number of esters is 1. The number of carbonyl (C=O) groups is 1. The maximum atomic E-state index is 12.3. The van der Waals surface area contributed by atoms with E-state index in [2.05, 4.69) is 9.47 Å². The molecule has 19 heavy (non-hydrogen) atoms. The number of rotatable bonds is 4. The Hall–Kier alpha value is -1.72. The van der Waals surface area contributed by atoms with Crippen LogP contribution in [0.15, 0.2) is 18.2 Å². The highest BCUT2D eigenvalue weighted by Gasteiger charge is 2.33. The molecule has 1 rings (SSSR count). The van der Waals surface area contributed by atoms with Crippen LogP contribution < -0.4 is 4.74 Å². The Morgan fingerprint density at radius 3 is 2.42 bits per heavy atom. The molecule has 0 bridgehead atoms. The SMILES string of the molecule is COC(=O)c1ccc(CC(C)C)cc1OC(F)(F)F. The van der Waals surface area contributed by atoms with E-state index in [9.17, 15) is 18.0 Å². The van der Waals surface area contributed by atoms with Crippen LogP contribution in [0.4, 0.5) is 13.2 Å². The van der Waals surface area contributed by atoms with Crippen LogP contribution in [-0.4, -0.2) is 19.4 Å². The van der Waals surface area contributed by atoms with Crippen molar-refractivity contribution in [3.05, 3.63) is 29.3 Å². The Kier molecular flexibility index (Phi) is 4.80. The van der Waals surface area contributed by atoms with Crippen molar-refractivity contribution in [1.29, 1.82) is 0 Å². The molecule has 0 aliphatic heterocycles. The zero-order valence-corrected chi connectivity index (χ0v) is 10.9. The van der Waals surface area contributed by atoms with Crippen LogP contribution in [0.3, 0.4) is 0 Å².